The fraction of sp³-hybridized carbons (Fsp3) is 0.235. The van der Waals surface area contributed by atoms with Crippen molar-refractivity contribution < 1.29 is 22.7 Å². The number of carbonyl (C=O) groups is 1. The number of hydrogen-bond acceptors (Lipinski definition) is 5. The van der Waals surface area contributed by atoms with Crippen molar-refractivity contribution in [2.45, 2.75) is 11.0 Å². The van der Waals surface area contributed by atoms with Gasteiger partial charge in [-0.05, 0) is 30.3 Å². The Labute approximate surface area is 151 Å². The Kier molecular flexibility index (Phi) is 6.55. The molecule has 0 aliphatic carbocycles. The second-order valence-corrected chi connectivity index (χ2v) is 7.29. The van der Waals surface area contributed by atoms with E-state index in [0.29, 0.717) is 10.6 Å². The van der Waals surface area contributed by atoms with Gasteiger partial charge < -0.3 is 9.47 Å². The molecule has 25 heavy (non-hydrogen) atoms. The van der Waals surface area contributed by atoms with Crippen LogP contribution in [-0.2, 0) is 19.5 Å². The summed E-state index contributed by atoms with van der Waals surface area (Å²) < 4.78 is 37.2. The molecule has 0 aliphatic rings. The van der Waals surface area contributed by atoms with Crippen molar-refractivity contribution in [3.63, 3.8) is 0 Å². The average molecular weight is 384 g/mol. The molecule has 0 fully saturated rings. The normalized spacial score (nSPS) is 12.6. The predicted molar refractivity (Wildman–Crippen MR) is 94.2 cm³/mol. The molecule has 0 unspecified atom stereocenters. The number of sulfonamides is 1. The molecule has 2 aromatic rings. The highest BCUT2D eigenvalue weighted by atomic mass is 35.5. The Hall–Kier alpha value is -1.93. The Balaban J connectivity index is 2.12. The molecule has 134 valence electrons. The molecule has 1 atom stereocenters. The van der Waals surface area contributed by atoms with Crippen LogP contribution in [0.2, 0.25) is 5.02 Å². The van der Waals surface area contributed by atoms with Gasteiger partial charge in [-0.2, -0.15) is 0 Å². The largest absolute Gasteiger partial charge is 0.465 e. The van der Waals surface area contributed by atoms with Crippen molar-refractivity contribution >= 4 is 27.6 Å². The molecule has 0 bridgehead atoms. The van der Waals surface area contributed by atoms with Crippen LogP contribution < -0.4 is 4.72 Å². The zero-order valence-corrected chi connectivity index (χ0v) is 15.3. The van der Waals surface area contributed by atoms with Crippen LogP contribution in [0.15, 0.2) is 53.4 Å². The van der Waals surface area contributed by atoms with Gasteiger partial charge in [0.2, 0.25) is 10.0 Å². The zero-order valence-electron chi connectivity index (χ0n) is 13.7. The van der Waals surface area contributed by atoms with E-state index < -0.39 is 22.1 Å². The van der Waals surface area contributed by atoms with E-state index in [0.717, 1.165) is 0 Å². The van der Waals surface area contributed by atoms with Gasteiger partial charge in [0.1, 0.15) is 0 Å². The van der Waals surface area contributed by atoms with Crippen LogP contribution in [0.25, 0.3) is 0 Å². The monoisotopic (exact) mass is 383 g/mol. The molecule has 0 saturated heterocycles. The highest BCUT2D eigenvalue weighted by Crippen LogP contribution is 2.25. The summed E-state index contributed by atoms with van der Waals surface area (Å²) >= 11 is 6.12. The van der Waals surface area contributed by atoms with Gasteiger partial charge in [0.25, 0.3) is 0 Å². The van der Waals surface area contributed by atoms with E-state index in [1.54, 1.807) is 24.3 Å². The number of esters is 1. The average Bonchev–Trinajstić information content (AvgIpc) is 2.63. The first-order chi connectivity index (χ1) is 11.9. The van der Waals surface area contributed by atoms with Crippen molar-refractivity contribution in [2.24, 2.45) is 0 Å². The molecule has 6 nitrogen and oxygen atoms in total. The first kappa shape index (κ1) is 19.4. The first-order valence-electron chi connectivity index (χ1n) is 7.34. The molecule has 2 aromatic carbocycles. The van der Waals surface area contributed by atoms with Crippen LogP contribution in [0.4, 0.5) is 0 Å². The third-order valence-corrected chi connectivity index (χ3v) is 5.36. The van der Waals surface area contributed by atoms with E-state index in [9.17, 15) is 13.2 Å². The molecule has 0 aliphatic heterocycles. The molecule has 2 rings (SSSR count). The number of methoxy groups -OCH3 is 2. The van der Waals surface area contributed by atoms with Crippen molar-refractivity contribution in [3.8, 4) is 0 Å². The van der Waals surface area contributed by atoms with Crippen LogP contribution in [-0.4, -0.2) is 35.2 Å². The van der Waals surface area contributed by atoms with E-state index in [1.165, 1.54) is 38.5 Å². The minimum Gasteiger partial charge on any atom is -0.465 e. The van der Waals surface area contributed by atoms with Gasteiger partial charge in [-0.1, -0.05) is 29.8 Å². The Morgan fingerprint density at radius 2 is 1.76 bits per heavy atom. The van der Waals surface area contributed by atoms with Crippen molar-refractivity contribution in [1.29, 1.82) is 0 Å². The maximum absolute atomic E-state index is 12.4. The highest BCUT2D eigenvalue weighted by molar-refractivity contribution is 7.89. The van der Waals surface area contributed by atoms with E-state index >= 15 is 0 Å². The summed E-state index contributed by atoms with van der Waals surface area (Å²) in [4.78, 5) is 11.4. The Bertz CT molecular complexity index is 836. The smallest absolute Gasteiger partial charge is 0.337 e. The van der Waals surface area contributed by atoms with Gasteiger partial charge in [-0.25, -0.2) is 17.9 Å². The fourth-order valence-electron chi connectivity index (χ4n) is 2.21. The van der Waals surface area contributed by atoms with E-state index in [-0.39, 0.29) is 17.0 Å². The number of nitrogens with one attached hydrogen (secondary N) is 1. The van der Waals surface area contributed by atoms with Gasteiger partial charge in [-0.15, -0.1) is 0 Å². The van der Waals surface area contributed by atoms with E-state index in [2.05, 4.69) is 9.46 Å². The molecule has 0 radical (unpaired) electrons. The molecule has 0 aromatic heterocycles. The SMILES string of the molecule is COC(=O)c1ccc(S(=O)(=O)NC[C@H](OC)c2ccccc2Cl)cc1. The molecule has 1 N–H and O–H groups in total. The predicted octanol–water partition coefficient (Wildman–Crippen LogP) is 2.79. The second-order valence-electron chi connectivity index (χ2n) is 5.11. The zero-order chi connectivity index (χ0) is 18.4. The van der Waals surface area contributed by atoms with Crippen molar-refractivity contribution in [3.05, 3.63) is 64.7 Å². The molecule has 0 saturated carbocycles. The van der Waals surface area contributed by atoms with Crippen molar-refractivity contribution in [2.75, 3.05) is 20.8 Å². The maximum Gasteiger partial charge on any atom is 0.337 e. The second kappa shape index (κ2) is 8.44. The lowest BCUT2D eigenvalue weighted by atomic mass is 10.1. The summed E-state index contributed by atoms with van der Waals surface area (Å²) in [5.41, 5.74) is 0.961. The number of halogens is 1. The lowest BCUT2D eigenvalue weighted by molar-refractivity contribution is 0.0600. The lowest BCUT2D eigenvalue weighted by Crippen LogP contribution is -2.29. The molecule has 8 heteroatoms. The lowest BCUT2D eigenvalue weighted by Gasteiger charge is -2.18. The third-order valence-electron chi connectivity index (χ3n) is 3.58. The topological polar surface area (TPSA) is 81.7 Å². The molecule has 0 heterocycles. The van der Waals surface area contributed by atoms with Gasteiger partial charge in [0, 0.05) is 24.2 Å². The van der Waals surface area contributed by atoms with E-state index in [1.807, 2.05) is 0 Å². The van der Waals surface area contributed by atoms with Crippen molar-refractivity contribution in [1.82, 2.24) is 4.72 Å². The maximum atomic E-state index is 12.4. The van der Waals surface area contributed by atoms with E-state index in [4.69, 9.17) is 16.3 Å². The fourth-order valence-corrected chi connectivity index (χ4v) is 3.50. The van der Waals surface area contributed by atoms with Gasteiger partial charge >= 0.3 is 5.97 Å². The van der Waals surface area contributed by atoms with Crippen LogP contribution in [0.3, 0.4) is 0 Å². The summed E-state index contributed by atoms with van der Waals surface area (Å²) in [5.74, 6) is -0.532. The van der Waals surface area contributed by atoms with Crippen LogP contribution in [0.1, 0.15) is 22.0 Å². The highest BCUT2D eigenvalue weighted by Gasteiger charge is 2.20. The molecule has 0 amide bonds. The summed E-state index contributed by atoms with van der Waals surface area (Å²) in [5, 5.41) is 0.496. The summed E-state index contributed by atoms with van der Waals surface area (Å²) in [6.07, 6.45) is -0.530. The van der Waals surface area contributed by atoms with Crippen LogP contribution in [0.5, 0.6) is 0 Å². The summed E-state index contributed by atoms with van der Waals surface area (Å²) in [6, 6.07) is 12.5. The molecular formula is C17H18ClNO5S. The number of rotatable bonds is 7. The third kappa shape index (κ3) is 4.79. The van der Waals surface area contributed by atoms with Crippen LogP contribution in [0, 0.1) is 0 Å². The molecule has 0 spiro atoms. The number of carbonyl (C=O) groups excluding carboxylic acids is 1. The first-order valence-corrected chi connectivity index (χ1v) is 9.20. The van der Waals surface area contributed by atoms with Gasteiger partial charge in [-0.3, -0.25) is 0 Å². The summed E-state index contributed by atoms with van der Waals surface area (Å²) in [6.45, 7) is 0.0152. The van der Waals surface area contributed by atoms with Gasteiger partial charge in [0.05, 0.1) is 23.7 Å². The Morgan fingerprint density at radius 1 is 1.12 bits per heavy atom. The Morgan fingerprint density at radius 3 is 2.32 bits per heavy atom. The standard InChI is InChI=1S/C17H18ClNO5S/c1-23-16(14-5-3-4-6-15(14)18)11-19-25(21,22)13-9-7-12(8-10-13)17(20)24-2/h3-10,16,19H,11H2,1-2H3/t16-/m0/s1. The quantitative estimate of drug-likeness (QED) is 0.743. The number of benzene rings is 2. The summed E-state index contributed by atoms with van der Waals surface area (Å²) in [7, 11) is -1.02. The molecular weight excluding hydrogens is 366 g/mol. The number of hydrogen-bond donors (Lipinski definition) is 1. The number of ether oxygens (including phenoxy) is 2. The van der Waals surface area contributed by atoms with Gasteiger partial charge in [0.15, 0.2) is 0 Å². The minimum atomic E-state index is -3.76. The minimum absolute atomic E-state index is 0.0152. The van der Waals surface area contributed by atoms with Crippen LogP contribution >= 0.6 is 11.6 Å².